The van der Waals surface area contributed by atoms with Crippen LogP contribution in [0.1, 0.15) is 34.6 Å². The molecule has 0 aromatic rings. The standard InChI is InChI=1S/C11H23NO/c1-10(2,3)9(13)11(4,5)8-12(6)7/h8H2,1-7H3. The van der Waals surface area contributed by atoms with Crippen molar-refractivity contribution in [2.24, 2.45) is 10.8 Å². The lowest BCUT2D eigenvalue weighted by Gasteiger charge is -2.32. The number of hydrogen-bond acceptors (Lipinski definition) is 2. The van der Waals surface area contributed by atoms with Gasteiger partial charge in [-0.2, -0.15) is 0 Å². The average molecular weight is 185 g/mol. The van der Waals surface area contributed by atoms with Crippen molar-refractivity contribution in [1.29, 1.82) is 0 Å². The van der Waals surface area contributed by atoms with Crippen LogP contribution in [0.5, 0.6) is 0 Å². The molecule has 0 N–H and O–H groups in total. The van der Waals surface area contributed by atoms with Gasteiger partial charge in [0, 0.05) is 17.4 Å². The van der Waals surface area contributed by atoms with Gasteiger partial charge >= 0.3 is 0 Å². The monoisotopic (exact) mass is 185 g/mol. The molecule has 0 radical (unpaired) electrons. The quantitative estimate of drug-likeness (QED) is 0.671. The lowest BCUT2D eigenvalue weighted by Crippen LogP contribution is -2.41. The molecule has 2 nitrogen and oxygen atoms in total. The molecular weight excluding hydrogens is 162 g/mol. The van der Waals surface area contributed by atoms with E-state index in [0.29, 0.717) is 5.78 Å². The van der Waals surface area contributed by atoms with Gasteiger partial charge in [0.05, 0.1) is 0 Å². The highest BCUT2D eigenvalue weighted by Crippen LogP contribution is 2.29. The van der Waals surface area contributed by atoms with Gasteiger partial charge < -0.3 is 4.90 Å². The second kappa shape index (κ2) is 3.79. The van der Waals surface area contributed by atoms with E-state index in [1.165, 1.54) is 0 Å². The van der Waals surface area contributed by atoms with Crippen LogP contribution in [0.2, 0.25) is 0 Å². The maximum Gasteiger partial charge on any atom is 0.145 e. The summed E-state index contributed by atoms with van der Waals surface area (Å²) in [5.74, 6) is 0.328. The zero-order valence-electron chi connectivity index (χ0n) is 10.1. The fourth-order valence-corrected chi connectivity index (χ4v) is 1.88. The zero-order valence-corrected chi connectivity index (χ0v) is 10.1. The molecule has 13 heavy (non-hydrogen) atoms. The van der Waals surface area contributed by atoms with Gasteiger partial charge in [0.1, 0.15) is 5.78 Å². The van der Waals surface area contributed by atoms with Gasteiger partial charge in [0.25, 0.3) is 0 Å². The van der Waals surface area contributed by atoms with Gasteiger partial charge in [-0.25, -0.2) is 0 Å². The number of hydrogen-bond donors (Lipinski definition) is 0. The molecule has 0 fully saturated rings. The smallest absolute Gasteiger partial charge is 0.145 e. The van der Waals surface area contributed by atoms with E-state index in [1.54, 1.807) is 0 Å². The van der Waals surface area contributed by atoms with Crippen molar-refractivity contribution < 1.29 is 4.79 Å². The van der Waals surface area contributed by atoms with E-state index >= 15 is 0 Å². The molecule has 0 atom stereocenters. The minimum Gasteiger partial charge on any atom is -0.308 e. The highest BCUT2D eigenvalue weighted by atomic mass is 16.1. The molecule has 0 aromatic carbocycles. The Kier molecular flexibility index (Phi) is 3.68. The van der Waals surface area contributed by atoms with E-state index in [-0.39, 0.29) is 10.8 Å². The van der Waals surface area contributed by atoms with Crippen LogP contribution in [0.15, 0.2) is 0 Å². The predicted molar refractivity (Wildman–Crippen MR) is 56.8 cm³/mol. The van der Waals surface area contributed by atoms with Crippen LogP contribution in [0, 0.1) is 10.8 Å². The Balaban J connectivity index is 4.55. The van der Waals surface area contributed by atoms with Crippen LogP contribution >= 0.6 is 0 Å². The summed E-state index contributed by atoms with van der Waals surface area (Å²) in [5.41, 5.74) is -0.485. The first-order valence-corrected chi connectivity index (χ1v) is 4.77. The summed E-state index contributed by atoms with van der Waals surface area (Å²) in [6, 6.07) is 0. The van der Waals surface area contributed by atoms with Crippen LogP contribution in [0.4, 0.5) is 0 Å². The lowest BCUT2D eigenvalue weighted by atomic mass is 9.74. The van der Waals surface area contributed by atoms with Crippen molar-refractivity contribution >= 4 is 5.78 Å². The molecule has 0 aromatic heterocycles. The van der Waals surface area contributed by atoms with Gasteiger partial charge in [0.2, 0.25) is 0 Å². The Bertz CT molecular complexity index is 187. The van der Waals surface area contributed by atoms with E-state index in [0.717, 1.165) is 6.54 Å². The van der Waals surface area contributed by atoms with Crippen LogP contribution < -0.4 is 0 Å². The highest BCUT2D eigenvalue weighted by molar-refractivity contribution is 5.88. The molecule has 0 heterocycles. The summed E-state index contributed by atoms with van der Waals surface area (Å²) in [6.07, 6.45) is 0. The largest absolute Gasteiger partial charge is 0.308 e. The first kappa shape index (κ1) is 12.6. The maximum atomic E-state index is 12.0. The highest BCUT2D eigenvalue weighted by Gasteiger charge is 2.35. The van der Waals surface area contributed by atoms with Gasteiger partial charge in [-0.1, -0.05) is 34.6 Å². The molecule has 0 aliphatic carbocycles. The summed E-state index contributed by atoms with van der Waals surface area (Å²) in [7, 11) is 4.00. The molecule has 0 amide bonds. The summed E-state index contributed by atoms with van der Waals surface area (Å²) in [5, 5.41) is 0. The molecule has 0 unspecified atom stereocenters. The number of ketones is 1. The minimum absolute atomic E-state index is 0.237. The van der Waals surface area contributed by atoms with Crippen molar-refractivity contribution in [3.05, 3.63) is 0 Å². The average Bonchev–Trinajstić information content (AvgIpc) is 1.80. The van der Waals surface area contributed by atoms with Gasteiger partial charge in [0.15, 0.2) is 0 Å². The third-order valence-corrected chi connectivity index (χ3v) is 2.01. The molecular formula is C11H23NO. The third-order valence-electron chi connectivity index (χ3n) is 2.01. The molecule has 0 aliphatic rings. The Morgan fingerprint density at radius 3 is 1.69 bits per heavy atom. The Morgan fingerprint density at radius 1 is 1.08 bits per heavy atom. The Hall–Kier alpha value is -0.370. The predicted octanol–water partition coefficient (Wildman–Crippen LogP) is 2.19. The molecule has 0 aliphatic heterocycles. The zero-order chi connectivity index (χ0) is 10.9. The number of carbonyl (C=O) groups is 1. The number of Topliss-reactive ketones (excluding diaryl/α,β-unsaturated/α-hetero) is 1. The first-order chi connectivity index (χ1) is 5.57. The summed E-state index contributed by atoms with van der Waals surface area (Å²) >= 11 is 0. The van der Waals surface area contributed by atoms with Crippen LogP contribution in [-0.2, 0) is 4.79 Å². The molecule has 0 saturated carbocycles. The summed E-state index contributed by atoms with van der Waals surface area (Å²) in [6.45, 7) is 10.8. The number of nitrogens with zero attached hydrogens (tertiary/aromatic N) is 1. The van der Waals surface area contributed by atoms with Crippen molar-refractivity contribution in [3.63, 3.8) is 0 Å². The Morgan fingerprint density at radius 2 is 1.46 bits per heavy atom. The van der Waals surface area contributed by atoms with Crippen molar-refractivity contribution in [2.75, 3.05) is 20.6 Å². The summed E-state index contributed by atoms with van der Waals surface area (Å²) < 4.78 is 0. The molecule has 0 spiro atoms. The normalized spacial score (nSPS) is 13.5. The molecule has 0 saturated heterocycles. The second-order valence-corrected chi connectivity index (χ2v) is 5.70. The van der Waals surface area contributed by atoms with Crippen molar-refractivity contribution in [3.8, 4) is 0 Å². The number of carbonyl (C=O) groups excluding carboxylic acids is 1. The lowest BCUT2D eigenvalue weighted by molar-refractivity contribution is -0.135. The van der Waals surface area contributed by atoms with Crippen LogP contribution in [-0.4, -0.2) is 31.3 Å². The second-order valence-electron chi connectivity index (χ2n) is 5.70. The third kappa shape index (κ3) is 3.90. The molecule has 78 valence electrons. The van der Waals surface area contributed by atoms with Gasteiger partial charge in [-0.15, -0.1) is 0 Å². The van der Waals surface area contributed by atoms with Crippen molar-refractivity contribution in [2.45, 2.75) is 34.6 Å². The van der Waals surface area contributed by atoms with Crippen LogP contribution in [0.3, 0.4) is 0 Å². The van der Waals surface area contributed by atoms with Gasteiger partial charge in [-0.05, 0) is 14.1 Å². The maximum absolute atomic E-state index is 12.0. The van der Waals surface area contributed by atoms with Crippen LogP contribution in [0.25, 0.3) is 0 Å². The molecule has 0 rings (SSSR count). The summed E-state index contributed by atoms with van der Waals surface area (Å²) in [4.78, 5) is 14.1. The number of rotatable bonds is 3. The van der Waals surface area contributed by atoms with Crippen molar-refractivity contribution in [1.82, 2.24) is 4.90 Å². The Labute approximate surface area is 82.3 Å². The van der Waals surface area contributed by atoms with E-state index < -0.39 is 0 Å². The minimum atomic E-state index is -0.248. The molecule has 0 bridgehead atoms. The van der Waals surface area contributed by atoms with E-state index in [1.807, 2.05) is 48.7 Å². The SMILES string of the molecule is CN(C)CC(C)(C)C(=O)C(C)(C)C. The fourth-order valence-electron chi connectivity index (χ4n) is 1.88. The van der Waals surface area contributed by atoms with E-state index in [2.05, 4.69) is 4.90 Å². The first-order valence-electron chi connectivity index (χ1n) is 4.77. The van der Waals surface area contributed by atoms with E-state index in [9.17, 15) is 4.79 Å². The van der Waals surface area contributed by atoms with Gasteiger partial charge in [-0.3, -0.25) is 4.79 Å². The van der Waals surface area contributed by atoms with E-state index in [4.69, 9.17) is 0 Å². The fraction of sp³-hybridized carbons (Fsp3) is 0.909. The molecule has 2 heteroatoms. The topological polar surface area (TPSA) is 20.3 Å².